The number of hydrogen-bond acceptors (Lipinski definition) is 4. The number of aromatic nitrogens is 1. The molecule has 0 atom stereocenters. The van der Waals surface area contributed by atoms with Crippen LogP contribution in [0.15, 0.2) is 42.6 Å². The van der Waals surface area contributed by atoms with Crippen LogP contribution in [-0.4, -0.2) is 4.98 Å². The number of nitrogens with zero attached hydrogens (tertiary/aromatic N) is 2. The SMILES string of the molecule is N#Cc1cccnc1Nc1cccc(N)c1. The molecule has 0 saturated heterocycles. The van der Waals surface area contributed by atoms with Gasteiger partial charge in [-0.25, -0.2) is 4.98 Å². The van der Waals surface area contributed by atoms with Crippen molar-refractivity contribution in [1.29, 1.82) is 5.26 Å². The second-order valence-electron chi connectivity index (χ2n) is 3.26. The summed E-state index contributed by atoms with van der Waals surface area (Å²) in [5, 5.41) is 11.9. The highest BCUT2D eigenvalue weighted by Crippen LogP contribution is 2.19. The number of nitrogens with one attached hydrogen (secondary N) is 1. The Morgan fingerprint density at radius 3 is 2.88 bits per heavy atom. The van der Waals surface area contributed by atoms with Crippen molar-refractivity contribution in [2.24, 2.45) is 0 Å². The van der Waals surface area contributed by atoms with Crippen molar-refractivity contribution in [1.82, 2.24) is 4.98 Å². The van der Waals surface area contributed by atoms with E-state index in [-0.39, 0.29) is 0 Å². The van der Waals surface area contributed by atoms with Gasteiger partial charge in [0.15, 0.2) is 0 Å². The van der Waals surface area contributed by atoms with Crippen LogP contribution in [0.4, 0.5) is 17.2 Å². The minimum atomic E-state index is 0.505. The van der Waals surface area contributed by atoms with Crippen LogP contribution in [0.1, 0.15) is 5.56 Å². The zero-order chi connectivity index (χ0) is 11.4. The summed E-state index contributed by atoms with van der Waals surface area (Å²) in [5.74, 6) is 0.538. The van der Waals surface area contributed by atoms with Crippen molar-refractivity contribution in [2.45, 2.75) is 0 Å². The molecular formula is C12H10N4. The minimum absolute atomic E-state index is 0.505. The van der Waals surface area contributed by atoms with Crippen LogP contribution in [0.2, 0.25) is 0 Å². The maximum atomic E-state index is 8.90. The maximum Gasteiger partial charge on any atom is 0.148 e. The van der Waals surface area contributed by atoms with Crippen LogP contribution in [0.25, 0.3) is 0 Å². The quantitative estimate of drug-likeness (QED) is 0.745. The molecule has 0 spiro atoms. The predicted molar refractivity (Wildman–Crippen MR) is 63.1 cm³/mol. The number of hydrogen-bond donors (Lipinski definition) is 2. The first-order valence-corrected chi connectivity index (χ1v) is 4.77. The van der Waals surface area contributed by atoms with Gasteiger partial charge in [0.05, 0.1) is 5.56 Å². The lowest BCUT2D eigenvalue weighted by atomic mass is 10.2. The number of nitrogens with two attached hydrogens (primary N) is 1. The second kappa shape index (κ2) is 4.32. The normalized spacial score (nSPS) is 9.44. The molecule has 4 heteroatoms. The Hall–Kier alpha value is -2.54. The molecule has 78 valence electrons. The molecule has 16 heavy (non-hydrogen) atoms. The van der Waals surface area contributed by atoms with E-state index in [0.717, 1.165) is 5.69 Å². The van der Waals surface area contributed by atoms with Gasteiger partial charge in [-0.1, -0.05) is 6.07 Å². The molecule has 4 nitrogen and oxygen atoms in total. The topological polar surface area (TPSA) is 74.7 Å². The molecule has 1 aromatic carbocycles. The zero-order valence-corrected chi connectivity index (χ0v) is 8.51. The predicted octanol–water partition coefficient (Wildman–Crippen LogP) is 2.28. The molecule has 0 saturated carbocycles. The average molecular weight is 210 g/mol. The largest absolute Gasteiger partial charge is 0.399 e. The number of nitrogen functional groups attached to an aromatic ring is 1. The molecule has 0 fully saturated rings. The molecule has 0 bridgehead atoms. The summed E-state index contributed by atoms with van der Waals surface area (Å²) >= 11 is 0. The zero-order valence-electron chi connectivity index (χ0n) is 8.51. The Morgan fingerprint density at radius 1 is 1.25 bits per heavy atom. The number of nitriles is 1. The molecule has 0 aliphatic carbocycles. The Labute approximate surface area is 93.4 Å². The third kappa shape index (κ3) is 2.10. The van der Waals surface area contributed by atoms with Gasteiger partial charge < -0.3 is 11.1 Å². The van der Waals surface area contributed by atoms with Crippen LogP contribution in [0, 0.1) is 11.3 Å². The van der Waals surface area contributed by atoms with Crippen LogP contribution < -0.4 is 11.1 Å². The standard InChI is InChI=1S/C12H10N4/c13-8-9-3-2-6-15-12(9)16-11-5-1-4-10(14)7-11/h1-7H,14H2,(H,15,16). The third-order valence-electron chi connectivity index (χ3n) is 2.08. The average Bonchev–Trinajstić information content (AvgIpc) is 2.30. The molecule has 0 aliphatic rings. The van der Waals surface area contributed by atoms with E-state index >= 15 is 0 Å². The molecular weight excluding hydrogens is 200 g/mol. The molecule has 0 aliphatic heterocycles. The Morgan fingerprint density at radius 2 is 2.12 bits per heavy atom. The van der Waals surface area contributed by atoms with E-state index in [4.69, 9.17) is 11.0 Å². The summed E-state index contributed by atoms with van der Waals surface area (Å²) < 4.78 is 0. The summed E-state index contributed by atoms with van der Waals surface area (Å²) in [6, 6.07) is 12.8. The van der Waals surface area contributed by atoms with Gasteiger partial charge in [-0.15, -0.1) is 0 Å². The van der Waals surface area contributed by atoms with Gasteiger partial charge in [0.2, 0.25) is 0 Å². The fraction of sp³-hybridized carbons (Fsp3) is 0. The van der Waals surface area contributed by atoms with E-state index in [2.05, 4.69) is 16.4 Å². The summed E-state index contributed by atoms with van der Waals surface area (Å²) in [7, 11) is 0. The van der Waals surface area contributed by atoms with Gasteiger partial charge >= 0.3 is 0 Å². The summed E-state index contributed by atoms with van der Waals surface area (Å²) in [6.45, 7) is 0. The number of anilines is 3. The van der Waals surface area contributed by atoms with Crippen molar-refractivity contribution in [3.8, 4) is 6.07 Å². The molecule has 0 amide bonds. The number of rotatable bonds is 2. The first-order chi connectivity index (χ1) is 7.79. The first kappa shape index (κ1) is 9.99. The van der Waals surface area contributed by atoms with E-state index in [9.17, 15) is 0 Å². The van der Waals surface area contributed by atoms with E-state index in [1.807, 2.05) is 12.1 Å². The monoisotopic (exact) mass is 210 g/mol. The van der Waals surface area contributed by atoms with E-state index < -0.39 is 0 Å². The molecule has 0 unspecified atom stereocenters. The third-order valence-corrected chi connectivity index (χ3v) is 2.08. The first-order valence-electron chi connectivity index (χ1n) is 4.77. The minimum Gasteiger partial charge on any atom is -0.399 e. The van der Waals surface area contributed by atoms with Crippen LogP contribution in [-0.2, 0) is 0 Å². The van der Waals surface area contributed by atoms with Gasteiger partial charge in [0.25, 0.3) is 0 Å². The molecule has 2 rings (SSSR count). The Bertz CT molecular complexity index is 543. The van der Waals surface area contributed by atoms with Gasteiger partial charge in [-0.05, 0) is 30.3 Å². The van der Waals surface area contributed by atoms with E-state index in [0.29, 0.717) is 17.1 Å². The summed E-state index contributed by atoms with van der Waals surface area (Å²) in [4.78, 5) is 4.10. The highest BCUT2D eigenvalue weighted by molar-refractivity contribution is 5.65. The van der Waals surface area contributed by atoms with E-state index in [1.54, 1.807) is 30.5 Å². The Balaban J connectivity index is 2.31. The lowest BCUT2D eigenvalue weighted by Crippen LogP contribution is -1.97. The smallest absolute Gasteiger partial charge is 0.148 e. The van der Waals surface area contributed by atoms with Crippen molar-refractivity contribution >= 4 is 17.2 Å². The van der Waals surface area contributed by atoms with Crippen LogP contribution in [0.3, 0.4) is 0 Å². The highest BCUT2D eigenvalue weighted by Gasteiger charge is 2.02. The lowest BCUT2D eigenvalue weighted by molar-refractivity contribution is 1.28. The fourth-order valence-electron chi connectivity index (χ4n) is 1.35. The van der Waals surface area contributed by atoms with Gasteiger partial charge in [-0.3, -0.25) is 0 Å². The van der Waals surface area contributed by atoms with Crippen molar-refractivity contribution in [3.63, 3.8) is 0 Å². The van der Waals surface area contributed by atoms with Crippen molar-refractivity contribution in [3.05, 3.63) is 48.2 Å². The van der Waals surface area contributed by atoms with E-state index in [1.165, 1.54) is 0 Å². The Kier molecular flexibility index (Phi) is 2.70. The summed E-state index contributed by atoms with van der Waals surface area (Å²) in [6.07, 6.45) is 1.63. The molecule has 1 heterocycles. The fourth-order valence-corrected chi connectivity index (χ4v) is 1.35. The molecule has 3 N–H and O–H groups in total. The maximum absolute atomic E-state index is 8.90. The number of pyridine rings is 1. The highest BCUT2D eigenvalue weighted by atomic mass is 15.0. The summed E-state index contributed by atoms with van der Waals surface area (Å²) in [5.41, 5.74) is 7.64. The molecule has 0 radical (unpaired) electrons. The number of benzene rings is 1. The second-order valence-corrected chi connectivity index (χ2v) is 3.26. The van der Waals surface area contributed by atoms with Gasteiger partial charge in [0.1, 0.15) is 11.9 Å². The van der Waals surface area contributed by atoms with Gasteiger partial charge in [0, 0.05) is 17.6 Å². The molecule has 2 aromatic rings. The lowest BCUT2D eigenvalue weighted by Gasteiger charge is -2.06. The van der Waals surface area contributed by atoms with Crippen molar-refractivity contribution in [2.75, 3.05) is 11.1 Å². The van der Waals surface area contributed by atoms with Crippen LogP contribution >= 0.6 is 0 Å². The van der Waals surface area contributed by atoms with Crippen LogP contribution in [0.5, 0.6) is 0 Å². The van der Waals surface area contributed by atoms with Gasteiger partial charge in [-0.2, -0.15) is 5.26 Å². The molecule has 1 aromatic heterocycles. The van der Waals surface area contributed by atoms with Crippen molar-refractivity contribution < 1.29 is 0 Å².